The largest absolute Gasteiger partial charge is 0.322 e. The van der Waals surface area contributed by atoms with Gasteiger partial charge in [-0.3, -0.25) is 9.48 Å². The van der Waals surface area contributed by atoms with E-state index in [4.69, 9.17) is 4.98 Å². The van der Waals surface area contributed by atoms with Crippen molar-refractivity contribution in [1.29, 1.82) is 0 Å². The Kier molecular flexibility index (Phi) is 5.91. The molecule has 35 heavy (non-hydrogen) atoms. The first-order chi connectivity index (χ1) is 16.9. The molecule has 0 aliphatic heterocycles. The molecule has 5 aromatic rings. The summed E-state index contributed by atoms with van der Waals surface area (Å²) in [6, 6.07) is 25.9. The van der Waals surface area contributed by atoms with Gasteiger partial charge in [0.1, 0.15) is 0 Å². The minimum absolute atomic E-state index is 0.153. The maximum absolute atomic E-state index is 13.4. The number of hydrogen-bond donors (Lipinski definition) is 1. The molecule has 1 N–H and O–H groups in total. The van der Waals surface area contributed by atoms with Crippen molar-refractivity contribution in [2.45, 2.75) is 34.2 Å². The van der Waals surface area contributed by atoms with Crippen LogP contribution in [-0.2, 0) is 6.54 Å². The Hall–Kier alpha value is -4.25. The van der Waals surface area contributed by atoms with E-state index >= 15 is 0 Å². The maximum atomic E-state index is 13.4. The van der Waals surface area contributed by atoms with Gasteiger partial charge in [-0.05, 0) is 80.8 Å². The number of aryl methyl sites for hydroxylation is 4. The Morgan fingerprint density at radius 1 is 0.857 bits per heavy atom. The first-order valence-corrected chi connectivity index (χ1v) is 11.8. The summed E-state index contributed by atoms with van der Waals surface area (Å²) in [4.78, 5) is 18.2. The van der Waals surface area contributed by atoms with E-state index < -0.39 is 0 Å². The van der Waals surface area contributed by atoms with Gasteiger partial charge in [-0.15, -0.1) is 0 Å². The van der Waals surface area contributed by atoms with E-state index in [0.717, 1.165) is 44.8 Å². The van der Waals surface area contributed by atoms with E-state index in [2.05, 4.69) is 55.5 Å². The van der Waals surface area contributed by atoms with Gasteiger partial charge in [0.2, 0.25) is 0 Å². The first kappa shape index (κ1) is 22.5. The topological polar surface area (TPSA) is 59.8 Å². The van der Waals surface area contributed by atoms with E-state index in [1.165, 1.54) is 11.1 Å². The van der Waals surface area contributed by atoms with Gasteiger partial charge < -0.3 is 5.32 Å². The first-order valence-electron chi connectivity index (χ1n) is 11.8. The Morgan fingerprint density at radius 3 is 2.34 bits per heavy atom. The highest BCUT2D eigenvalue weighted by Gasteiger charge is 2.15. The summed E-state index contributed by atoms with van der Waals surface area (Å²) >= 11 is 0. The zero-order chi connectivity index (χ0) is 24.5. The summed E-state index contributed by atoms with van der Waals surface area (Å²) in [7, 11) is 0. The fraction of sp³-hybridized carbons (Fsp3) is 0.167. The van der Waals surface area contributed by atoms with Gasteiger partial charge in [0, 0.05) is 22.3 Å². The standard InChI is InChI=1S/C30H28N4O/c1-19-9-12-24(15-20(19)2)29-17-27(26-7-5-6-8-28(26)32-29)30(35)31-25-13-10-23(11-14-25)18-34-22(4)16-21(3)33-34/h5-17H,18H2,1-4H3,(H,31,35). The number of aromatic nitrogens is 3. The number of rotatable bonds is 5. The normalized spacial score (nSPS) is 11.1. The molecule has 5 nitrogen and oxygen atoms in total. The highest BCUT2D eigenvalue weighted by atomic mass is 16.1. The van der Waals surface area contributed by atoms with E-state index in [1.807, 2.05) is 66.2 Å². The van der Waals surface area contributed by atoms with E-state index in [0.29, 0.717) is 12.1 Å². The molecule has 1 amide bonds. The van der Waals surface area contributed by atoms with Crippen molar-refractivity contribution in [3.05, 3.63) is 113 Å². The average Bonchev–Trinajstić information content (AvgIpc) is 3.17. The molecule has 0 aliphatic carbocycles. The van der Waals surface area contributed by atoms with Crippen molar-refractivity contribution < 1.29 is 4.79 Å². The summed E-state index contributed by atoms with van der Waals surface area (Å²) in [6.45, 7) is 8.93. The van der Waals surface area contributed by atoms with Crippen LogP contribution in [0, 0.1) is 27.7 Å². The summed E-state index contributed by atoms with van der Waals surface area (Å²) in [6.07, 6.45) is 0. The molecule has 0 bridgehead atoms. The molecule has 2 heterocycles. The van der Waals surface area contributed by atoms with Crippen LogP contribution in [0.1, 0.15) is 38.4 Å². The molecule has 0 unspecified atom stereocenters. The second-order valence-corrected chi connectivity index (χ2v) is 9.11. The van der Waals surface area contributed by atoms with Crippen molar-refractivity contribution >= 4 is 22.5 Å². The Labute approximate surface area is 205 Å². The lowest BCUT2D eigenvalue weighted by molar-refractivity contribution is 0.102. The third-order valence-corrected chi connectivity index (χ3v) is 6.41. The molecule has 0 spiro atoms. The summed E-state index contributed by atoms with van der Waals surface area (Å²) in [5.41, 5.74) is 9.64. The summed E-state index contributed by atoms with van der Waals surface area (Å²) < 4.78 is 1.99. The number of nitrogens with zero attached hydrogens (tertiary/aromatic N) is 3. The van der Waals surface area contributed by atoms with Crippen LogP contribution in [0.3, 0.4) is 0 Å². The van der Waals surface area contributed by atoms with Crippen LogP contribution in [0.15, 0.2) is 78.9 Å². The SMILES string of the molecule is Cc1cc(C)n(Cc2ccc(NC(=O)c3cc(-c4ccc(C)c(C)c4)nc4ccccc34)cc2)n1. The second-order valence-electron chi connectivity index (χ2n) is 9.11. The highest BCUT2D eigenvalue weighted by Crippen LogP contribution is 2.27. The Balaban J connectivity index is 1.43. The molecule has 2 aromatic heterocycles. The van der Waals surface area contributed by atoms with Crippen molar-refractivity contribution in [2.75, 3.05) is 5.32 Å². The fourth-order valence-electron chi connectivity index (χ4n) is 4.31. The molecule has 3 aromatic carbocycles. The third kappa shape index (κ3) is 4.71. The molecule has 5 rings (SSSR count). The lowest BCUT2D eigenvalue weighted by Gasteiger charge is -2.12. The van der Waals surface area contributed by atoms with Gasteiger partial charge >= 0.3 is 0 Å². The van der Waals surface area contributed by atoms with Gasteiger partial charge in [-0.1, -0.05) is 42.5 Å². The summed E-state index contributed by atoms with van der Waals surface area (Å²) in [5, 5.41) is 8.43. The van der Waals surface area contributed by atoms with E-state index in [9.17, 15) is 4.79 Å². The van der Waals surface area contributed by atoms with Gasteiger partial charge in [-0.2, -0.15) is 5.10 Å². The van der Waals surface area contributed by atoms with Crippen LogP contribution in [0.2, 0.25) is 0 Å². The van der Waals surface area contributed by atoms with Crippen molar-refractivity contribution in [3.8, 4) is 11.3 Å². The minimum Gasteiger partial charge on any atom is -0.322 e. The van der Waals surface area contributed by atoms with Crippen LogP contribution in [0.5, 0.6) is 0 Å². The van der Waals surface area contributed by atoms with Crippen LogP contribution >= 0.6 is 0 Å². The van der Waals surface area contributed by atoms with Gasteiger partial charge in [0.05, 0.1) is 29.0 Å². The van der Waals surface area contributed by atoms with Crippen LogP contribution in [0.4, 0.5) is 5.69 Å². The van der Waals surface area contributed by atoms with Gasteiger partial charge in [0.15, 0.2) is 0 Å². The number of pyridine rings is 1. The molecule has 0 saturated carbocycles. The summed E-state index contributed by atoms with van der Waals surface area (Å²) in [5.74, 6) is -0.153. The number of benzene rings is 3. The number of carbonyl (C=O) groups is 1. The van der Waals surface area contributed by atoms with Crippen molar-refractivity contribution in [2.24, 2.45) is 0 Å². The van der Waals surface area contributed by atoms with E-state index in [1.54, 1.807) is 0 Å². The Morgan fingerprint density at radius 2 is 1.63 bits per heavy atom. The predicted octanol–water partition coefficient (Wildman–Crippen LogP) is 6.63. The number of carbonyl (C=O) groups excluding carboxylic acids is 1. The molecule has 0 fully saturated rings. The number of nitrogens with one attached hydrogen (secondary N) is 1. The van der Waals surface area contributed by atoms with Gasteiger partial charge in [0.25, 0.3) is 5.91 Å². The lowest BCUT2D eigenvalue weighted by atomic mass is 10.0. The number of amides is 1. The minimum atomic E-state index is -0.153. The highest BCUT2D eigenvalue weighted by molar-refractivity contribution is 6.13. The van der Waals surface area contributed by atoms with Crippen molar-refractivity contribution in [3.63, 3.8) is 0 Å². The zero-order valence-corrected chi connectivity index (χ0v) is 20.5. The number of fused-ring (bicyclic) bond motifs is 1. The number of para-hydroxylation sites is 1. The molecule has 0 atom stereocenters. The second kappa shape index (κ2) is 9.18. The number of hydrogen-bond acceptors (Lipinski definition) is 3. The van der Waals surface area contributed by atoms with Crippen LogP contribution in [0.25, 0.3) is 22.2 Å². The molecule has 0 radical (unpaired) electrons. The van der Waals surface area contributed by atoms with Gasteiger partial charge in [-0.25, -0.2) is 4.98 Å². The number of anilines is 1. The van der Waals surface area contributed by atoms with Crippen LogP contribution < -0.4 is 5.32 Å². The molecular formula is C30H28N4O. The van der Waals surface area contributed by atoms with Crippen LogP contribution in [-0.4, -0.2) is 20.7 Å². The molecule has 174 valence electrons. The average molecular weight is 461 g/mol. The molecule has 0 saturated heterocycles. The van der Waals surface area contributed by atoms with E-state index in [-0.39, 0.29) is 5.91 Å². The molecular weight excluding hydrogens is 432 g/mol. The zero-order valence-electron chi connectivity index (χ0n) is 20.5. The maximum Gasteiger partial charge on any atom is 0.256 e. The molecule has 0 aliphatic rings. The lowest BCUT2D eigenvalue weighted by Crippen LogP contribution is -2.13. The smallest absolute Gasteiger partial charge is 0.256 e. The fourth-order valence-corrected chi connectivity index (χ4v) is 4.31. The van der Waals surface area contributed by atoms with Crippen molar-refractivity contribution in [1.82, 2.24) is 14.8 Å². The Bertz CT molecular complexity index is 1550. The molecule has 5 heteroatoms. The predicted molar refractivity (Wildman–Crippen MR) is 142 cm³/mol. The monoisotopic (exact) mass is 460 g/mol. The quantitative estimate of drug-likeness (QED) is 0.320. The third-order valence-electron chi connectivity index (χ3n) is 6.41.